The van der Waals surface area contributed by atoms with Gasteiger partial charge in [-0.25, -0.2) is 0 Å². The summed E-state index contributed by atoms with van der Waals surface area (Å²) in [4.78, 5) is 36.3. The number of nitro benzene ring substituents is 1. The zero-order valence-electron chi connectivity index (χ0n) is 16.9. The molecule has 1 aromatic carbocycles. The van der Waals surface area contributed by atoms with Gasteiger partial charge < -0.3 is 14.1 Å². The van der Waals surface area contributed by atoms with Crippen molar-refractivity contribution in [2.45, 2.75) is 13.5 Å². The predicted molar refractivity (Wildman–Crippen MR) is 114 cm³/mol. The number of aromatic amines is 1. The van der Waals surface area contributed by atoms with Gasteiger partial charge in [0, 0.05) is 13.2 Å². The van der Waals surface area contributed by atoms with Crippen molar-refractivity contribution >= 4 is 23.5 Å². The van der Waals surface area contributed by atoms with Crippen LogP contribution in [0.5, 0.6) is 0 Å². The van der Waals surface area contributed by atoms with Crippen molar-refractivity contribution in [1.29, 1.82) is 5.26 Å². The molecule has 0 atom stereocenters. The fourth-order valence-corrected chi connectivity index (χ4v) is 3.15. The van der Waals surface area contributed by atoms with E-state index in [0.29, 0.717) is 0 Å². The number of benzene rings is 1. The molecule has 0 saturated heterocycles. The second-order valence-corrected chi connectivity index (χ2v) is 6.68. The van der Waals surface area contributed by atoms with Gasteiger partial charge in [0.1, 0.15) is 28.8 Å². The number of nitro groups is 2. The van der Waals surface area contributed by atoms with E-state index in [-0.39, 0.29) is 40.6 Å². The number of furan rings is 1. The molecule has 11 heteroatoms. The molecule has 0 amide bonds. The lowest BCUT2D eigenvalue weighted by Gasteiger charge is -2.06. The predicted octanol–water partition coefficient (Wildman–Crippen LogP) is 3.95. The minimum absolute atomic E-state index is 0.119. The third-order valence-corrected chi connectivity index (χ3v) is 4.56. The van der Waals surface area contributed by atoms with E-state index in [2.05, 4.69) is 4.98 Å². The molecule has 162 valence electrons. The number of nitrogens with zero attached hydrogens (tertiary/aromatic N) is 3. The van der Waals surface area contributed by atoms with Gasteiger partial charge in [-0.3, -0.25) is 25.0 Å². The standard InChI is InChI=1S/C21H16N4O7/c1-12-3-6-14(18(9-12)24(27)28)19-8-5-13(32-19)4-7-17-20(25(29)30)16(11-31-2)15(10-22)21(26)23-17/h3-9H,11H2,1-2H3,(H,23,26)/b7-4+. The Hall–Kier alpha value is -4.56. The number of H-pyrrole nitrogens is 1. The zero-order chi connectivity index (χ0) is 23.4. The quantitative estimate of drug-likeness (QED) is 0.429. The summed E-state index contributed by atoms with van der Waals surface area (Å²) in [6.07, 6.45) is 2.62. The molecule has 11 nitrogen and oxygen atoms in total. The van der Waals surface area contributed by atoms with Crippen LogP contribution < -0.4 is 5.56 Å². The Balaban J connectivity index is 2.05. The summed E-state index contributed by atoms with van der Waals surface area (Å²) in [5.74, 6) is 0.474. The summed E-state index contributed by atoms with van der Waals surface area (Å²) in [6.45, 7) is 1.43. The molecular weight excluding hydrogens is 420 g/mol. The number of pyridine rings is 1. The summed E-state index contributed by atoms with van der Waals surface area (Å²) in [6, 6.07) is 9.42. The molecule has 0 bridgehead atoms. The Morgan fingerprint density at radius 1 is 1.19 bits per heavy atom. The van der Waals surface area contributed by atoms with Crippen molar-refractivity contribution in [2.24, 2.45) is 0 Å². The molecular formula is C21H16N4O7. The number of nitrogens with one attached hydrogen (secondary N) is 1. The lowest BCUT2D eigenvalue weighted by Crippen LogP contribution is -2.18. The minimum Gasteiger partial charge on any atom is -0.456 e. The van der Waals surface area contributed by atoms with Gasteiger partial charge in [-0.2, -0.15) is 5.26 Å². The van der Waals surface area contributed by atoms with Crippen LogP contribution in [0.2, 0.25) is 0 Å². The molecule has 3 aromatic rings. The normalized spacial score (nSPS) is 10.9. The second-order valence-electron chi connectivity index (χ2n) is 6.68. The number of aromatic nitrogens is 1. The monoisotopic (exact) mass is 436 g/mol. The first-order valence-electron chi connectivity index (χ1n) is 9.12. The highest BCUT2D eigenvalue weighted by Gasteiger charge is 2.25. The maximum Gasteiger partial charge on any atom is 0.299 e. The summed E-state index contributed by atoms with van der Waals surface area (Å²) in [5, 5.41) is 32.2. The van der Waals surface area contributed by atoms with Crippen LogP contribution in [0.25, 0.3) is 23.5 Å². The number of aryl methyl sites for hydroxylation is 1. The number of hydrogen-bond donors (Lipinski definition) is 1. The Morgan fingerprint density at radius 3 is 2.56 bits per heavy atom. The highest BCUT2D eigenvalue weighted by atomic mass is 16.6. The van der Waals surface area contributed by atoms with E-state index in [4.69, 9.17) is 9.15 Å². The molecule has 0 aliphatic carbocycles. The lowest BCUT2D eigenvalue weighted by molar-refractivity contribution is -0.386. The summed E-state index contributed by atoms with van der Waals surface area (Å²) in [7, 11) is 1.29. The average molecular weight is 436 g/mol. The number of hydrogen-bond acceptors (Lipinski definition) is 8. The van der Waals surface area contributed by atoms with Crippen LogP contribution >= 0.6 is 0 Å². The molecule has 2 heterocycles. The van der Waals surface area contributed by atoms with Crippen molar-refractivity contribution in [3.63, 3.8) is 0 Å². The summed E-state index contributed by atoms with van der Waals surface area (Å²) >= 11 is 0. The third kappa shape index (κ3) is 4.30. The number of nitriles is 1. The van der Waals surface area contributed by atoms with Gasteiger partial charge in [-0.15, -0.1) is 0 Å². The van der Waals surface area contributed by atoms with Crippen LogP contribution in [0.1, 0.15) is 28.1 Å². The van der Waals surface area contributed by atoms with E-state index >= 15 is 0 Å². The fraction of sp³-hybridized carbons (Fsp3) is 0.143. The van der Waals surface area contributed by atoms with Crippen molar-refractivity contribution in [3.05, 3.63) is 89.1 Å². The summed E-state index contributed by atoms with van der Waals surface area (Å²) in [5.41, 5.74) is -1.07. The highest BCUT2D eigenvalue weighted by molar-refractivity contribution is 5.75. The molecule has 0 aliphatic heterocycles. The summed E-state index contributed by atoms with van der Waals surface area (Å²) < 4.78 is 10.6. The molecule has 2 aromatic heterocycles. The maximum absolute atomic E-state index is 12.2. The first-order valence-corrected chi connectivity index (χ1v) is 9.12. The second kappa shape index (κ2) is 9.07. The number of rotatable bonds is 7. The fourth-order valence-electron chi connectivity index (χ4n) is 3.15. The Bertz CT molecular complexity index is 1350. The van der Waals surface area contributed by atoms with Gasteiger partial charge >= 0.3 is 0 Å². The van der Waals surface area contributed by atoms with Crippen LogP contribution in [0.3, 0.4) is 0 Å². The Morgan fingerprint density at radius 2 is 1.94 bits per heavy atom. The van der Waals surface area contributed by atoms with E-state index < -0.39 is 26.7 Å². The third-order valence-electron chi connectivity index (χ3n) is 4.56. The Labute approximate surface area is 180 Å². The molecule has 32 heavy (non-hydrogen) atoms. The van der Waals surface area contributed by atoms with Gasteiger partial charge in [-0.1, -0.05) is 6.07 Å². The SMILES string of the molecule is COCc1c([N+](=O)[O-])c(/C=C/c2ccc(-c3ccc(C)cc3[N+](=O)[O-])o2)[nH]c(=O)c1C#N. The van der Waals surface area contributed by atoms with Gasteiger partial charge in [0.25, 0.3) is 16.9 Å². The van der Waals surface area contributed by atoms with Crippen LogP contribution in [0.15, 0.2) is 39.5 Å². The molecule has 0 aliphatic rings. The molecule has 0 fully saturated rings. The average Bonchev–Trinajstić information content (AvgIpc) is 3.21. The van der Waals surface area contributed by atoms with Gasteiger partial charge in [0.15, 0.2) is 0 Å². The first-order chi connectivity index (χ1) is 15.3. The molecule has 0 saturated carbocycles. The highest BCUT2D eigenvalue weighted by Crippen LogP contribution is 2.33. The first kappa shape index (κ1) is 22.1. The van der Waals surface area contributed by atoms with Gasteiger partial charge in [0.2, 0.25) is 0 Å². The largest absolute Gasteiger partial charge is 0.456 e. The Kier molecular flexibility index (Phi) is 6.27. The molecule has 0 spiro atoms. The van der Waals surface area contributed by atoms with E-state index in [0.717, 1.165) is 5.56 Å². The van der Waals surface area contributed by atoms with Crippen LogP contribution in [-0.2, 0) is 11.3 Å². The molecule has 1 N–H and O–H groups in total. The smallest absolute Gasteiger partial charge is 0.299 e. The van der Waals surface area contributed by atoms with Gasteiger partial charge in [0.05, 0.1) is 27.6 Å². The molecule has 0 radical (unpaired) electrons. The van der Waals surface area contributed by atoms with E-state index in [9.17, 15) is 30.3 Å². The van der Waals surface area contributed by atoms with Crippen molar-refractivity contribution in [1.82, 2.24) is 4.98 Å². The van der Waals surface area contributed by atoms with Crippen LogP contribution in [0.4, 0.5) is 11.4 Å². The van der Waals surface area contributed by atoms with E-state index in [1.165, 1.54) is 37.5 Å². The van der Waals surface area contributed by atoms with E-state index in [1.54, 1.807) is 25.1 Å². The van der Waals surface area contributed by atoms with Crippen molar-refractivity contribution in [2.75, 3.05) is 7.11 Å². The van der Waals surface area contributed by atoms with Crippen molar-refractivity contribution < 1.29 is 19.0 Å². The minimum atomic E-state index is -0.791. The lowest BCUT2D eigenvalue weighted by atomic mass is 10.1. The molecule has 0 unspecified atom stereocenters. The number of methoxy groups -OCH3 is 1. The number of ether oxygens (including phenoxy) is 1. The van der Waals surface area contributed by atoms with Gasteiger partial charge in [-0.05, 0) is 42.8 Å². The molecule has 3 rings (SSSR count). The topological polar surface area (TPSA) is 165 Å². The zero-order valence-corrected chi connectivity index (χ0v) is 16.9. The maximum atomic E-state index is 12.2. The van der Waals surface area contributed by atoms with Crippen LogP contribution in [-0.4, -0.2) is 21.9 Å². The van der Waals surface area contributed by atoms with Crippen LogP contribution in [0, 0.1) is 38.5 Å². The van der Waals surface area contributed by atoms with Crippen molar-refractivity contribution in [3.8, 4) is 17.4 Å². The van der Waals surface area contributed by atoms with E-state index in [1.807, 2.05) is 0 Å².